The van der Waals surface area contributed by atoms with Crippen LogP contribution in [0.25, 0.3) is 5.69 Å². The van der Waals surface area contributed by atoms with Crippen LogP contribution >= 0.6 is 45.6 Å². The molecule has 0 radical (unpaired) electrons. The van der Waals surface area contributed by atoms with Crippen LogP contribution in [0.1, 0.15) is 33.1 Å². The summed E-state index contributed by atoms with van der Waals surface area (Å²) in [5.74, 6) is 0.572. The number of carbonyl (C=O) groups excluding carboxylic acids is 2. The van der Waals surface area contributed by atoms with E-state index >= 15 is 0 Å². The maximum atomic E-state index is 13.3. The third-order valence-electron chi connectivity index (χ3n) is 5.43. The highest BCUT2D eigenvalue weighted by atomic mass is 79.9. The molecule has 0 fully saturated rings. The summed E-state index contributed by atoms with van der Waals surface area (Å²) in [5.41, 5.74) is 8.61. The number of benzene rings is 3. The van der Waals surface area contributed by atoms with E-state index in [0.717, 1.165) is 5.56 Å². The van der Waals surface area contributed by atoms with E-state index in [-0.39, 0.29) is 52.2 Å². The molecule has 0 aliphatic heterocycles. The van der Waals surface area contributed by atoms with Gasteiger partial charge >= 0.3 is 0 Å². The summed E-state index contributed by atoms with van der Waals surface area (Å²) in [6.45, 7) is 1.88. The number of ketones is 1. The molecule has 4 aromatic rings. The van der Waals surface area contributed by atoms with Crippen LogP contribution in [0.3, 0.4) is 0 Å². The fourth-order valence-electron chi connectivity index (χ4n) is 3.72. The molecule has 36 heavy (non-hydrogen) atoms. The van der Waals surface area contributed by atoms with Crippen molar-refractivity contribution in [3.05, 3.63) is 112 Å². The molecule has 1 amide bonds. The van der Waals surface area contributed by atoms with E-state index in [2.05, 4.69) is 15.5 Å². The number of hydrogen-bond acceptors (Lipinski definition) is 5. The van der Waals surface area contributed by atoms with Gasteiger partial charge in [0.25, 0.3) is 0 Å². The number of hydrogen-bond donors (Lipinski definition) is 2. The summed E-state index contributed by atoms with van der Waals surface area (Å²) in [6, 6.07) is 22.9. The Morgan fingerprint density at radius 2 is 1.61 bits per heavy atom. The standard InChI is InChI=1S/C26H24ClN5O2.2BrH/c1-17-30-31-24(16-29-26(34)22(28)14-18-8-4-2-5-9-18)32(17)23-13-12-20(27)15-21(23)25(33)19-10-6-3-7-11-19;;/h2-13,15,22H,14,16,28H2,1H3,(H,29,34);2*1H/t22-;;/m0../s1. The van der Waals surface area contributed by atoms with Crippen LogP contribution < -0.4 is 11.1 Å². The van der Waals surface area contributed by atoms with Gasteiger partial charge in [0.15, 0.2) is 11.6 Å². The zero-order valence-corrected chi connectivity index (χ0v) is 23.6. The Kier molecular flexibility index (Phi) is 11.0. The minimum atomic E-state index is -0.703. The van der Waals surface area contributed by atoms with Crippen LogP contribution in [0.4, 0.5) is 0 Å². The van der Waals surface area contributed by atoms with Crippen molar-refractivity contribution in [3.8, 4) is 5.69 Å². The average molecular weight is 636 g/mol. The molecule has 1 aromatic heterocycles. The van der Waals surface area contributed by atoms with Crippen molar-refractivity contribution in [2.75, 3.05) is 0 Å². The van der Waals surface area contributed by atoms with Crippen molar-refractivity contribution in [1.29, 1.82) is 0 Å². The largest absolute Gasteiger partial charge is 0.347 e. The molecule has 0 unspecified atom stereocenters. The van der Waals surface area contributed by atoms with Gasteiger partial charge < -0.3 is 11.1 Å². The van der Waals surface area contributed by atoms with Crippen LogP contribution in [0, 0.1) is 6.92 Å². The Morgan fingerprint density at radius 3 is 2.28 bits per heavy atom. The summed E-state index contributed by atoms with van der Waals surface area (Å²) in [4.78, 5) is 25.9. The van der Waals surface area contributed by atoms with Crippen LogP contribution in [-0.4, -0.2) is 32.5 Å². The second-order valence-electron chi connectivity index (χ2n) is 7.87. The van der Waals surface area contributed by atoms with Crippen molar-refractivity contribution in [2.24, 2.45) is 5.73 Å². The first-order valence-electron chi connectivity index (χ1n) is 10.8. The molecular weight excluding hydrogens is 610 g/mol. The maximum absolute atomic E-state index is 13.3. The minimum Gasteiger partial charge on any atom is -0.347 e. The van der Waals surface area contributed by atoms with E-state index in [1.54, 1.807) is 54.0 Å². The van der Waals surface area contributed by atoms with Crippen LogP contribution in [0.2, 0.25) is 5.02 Å². The number of aryl methyl sites for hydroxylation is 1. The normalized spacial score (nSPS) is 11.1. The van der Waals surface area contributed by atoms with E-state index in [4.69, 9.17) is 17.3 Å². The molecule has 7 nitrogen and oxygen atoms in total. The highest BCUT2D eigenvalue weighted by Gasteiger charge is 2.21. The number of rotatable bonds is 8. The van der Waals surface area contributed by atoms with Gasteiger partial charge in [-0.05, 0) is 37.1 Å². The lowest BCUT2D eigenvalue weighted by molar-refractivity contribution is -0.122. The van der Waals surface area contributed by atoms with Crippen LogP contribution in [0.15, 0.2) is 78.9 Å². The Balaban J connectivity index is 0.00000228. The number of aromatic nitrogens is 3. The molecule has 4 rings (SSSR count). The van der Waals surface area contributed by atoms with E-state index in [1.807, 2.05) is 36.4 Å². The third-order valence-corrected chi connectivity index (χ3v) is 5.66. The summed E-state index contributed by atoms with van der Waals surface area (Å²) in [6.07, 6.45) is 0.422. The SMILES string of the molecule is Br.Br.Cc1nnc(CNC(=O)[C@@H](N)Cc2ccccc2)n1-c1ccc(Cl)cc1C(=O)c1ccccc1. The number of nitrogens with one attached hydrogen (secondary N) is 1. The van der Waals surface area contributed by atoms with Crippen LogP contribution in [0.5, 0.6) is 0 Å². The smallest absolute Gasteiger partial charge is 0.237 e. The lowest BCUT2D eigenvalue weighted by Gasteiger charge is -2.15. The average Bonchev–Trinajstić information content (AvgIpc) is 3.23. The van der Waals surface area contributed by atoms with Gasteiger partial charge in [0, 0.05) is 16.1 Å². The van der Waals surface area contributed by atoms with Crippen molar-refractivity contribution in [3.63, 3.8) is 0 Å². The molecule has 0 saturated heterocycles. The molecule has 3 aromatic carbocycles. The summed E-state index contributed by atoms with van der Waals surface area (Å²) in [5, 5.41) is 11.7. The van der Waals surface area contributed by atoms with Gasteiger partial charge in [-0.2, -0.15) is 0 Å². The molecule has 0 bridgehead atoms. The maximum Gasteiger partial charge on any atom is 0.237 e. The minimum absolute atomic E-state index is 0. The number of halogens is 3. The molecule has 0 spiro atoms. The van der Waals surface area contributed by atoms with Crippen molar-refractivity contribution < 1.29 is 9.59 Å². The van der Waals surface area contributed by atoms with Crippen molar-refractivity contribution in [2.45, 2.75) is 25.9 Å². The Morgan fingerprint density at radius 1 is 0.972 bits per heavy atom. The quantitative estimate of drug-likeness (QED) is 0.271. The Bertz CT molecular complexity index is 1320. The molecule has 3 N–H and O–H groups in total. The predicted octanol–water partition coefficient (Wildman–Crippen LogP) is 4.80. The molecule has 10 heteroatoms. The fraction of sp³-hybridized carbons (Fsp3) is 0.154. The zero-order chi connectivity index (χ0) is 24.1. The first kappa shape index (κ1) is 29.4. The van der Waals surface area contributed by atoms with Crippen molar-refractivity contribution in [1.82, 2.24) is 20.1 Å². The first-order chi connectivity index (χ1) is 16.4. The van der Waals surface area contributed by atoms with Gasteiger partial charge in [0.2, 0.25) is 5.91 Å². The second kappa shape index (κ2) is 13.5. The van der Waals surface area contributed by atoms with Gasteiger partial charge in [-0.1, -0.05) is 72.3 Å². The zero-order valence-electron chi connectivity index (χ0n) is 19.4. The third kappa shape index (κ3) is 6.88. The number of carbonyl (C=O) groups is 2. The topological polar surface area (TPSA) is 103 Å². The molecule has 188 valence electrons. The van der Waals surface area contributed by atoms with E-state index in [1.165, 1.54) is 0 Å². The predicted molar refractivity (Wildman–Crippen MR) is 152 cm³/mol. The lowest BCUT2D eigenvalue weighted by Crippen LogP contribution is -2.42. The number of nitrogens with two attached hydrogens (primary N) is 1. The molecule has 1 atom stereocenters. The van der Waals surface area contributed by atoms with Gasteiger partial charge in [-0.25, -0.2) is 0 Å². The highest BCUT2D eigenvalue weighted by Crippen LogP contribution is 2.25. The molecule has 0 aliphatic rings. The van der Waals surface area contributed by atoms with Gasteiger partial charge in [-0.15, -0.1) is 44.2 Å². The summed E-state index contributed by atoms with van der Waals surface area (Å²) in [7, 11) is 0. The van der Waals surface area contributed by atoms with E-state index in [9.17, 15) is 9.59 Å². The Labute approximate surface area is 235 Å². The summed E-state index contributed by atoms with van der Waals surface area (Å²) < 4.78 is 1.75. The second-order valence-corrected chi connectivity index (χ2v) is 8.31. The monoisotopic (exact) mass is 633 g/mol. The van der Waals surface area contributed by atoms with Crippen molar-refractivity contribution >= 4 is 57.3 Å². The Hall–Kier alpha value is -2.85. The molecular formula is C26H26Br2ClN5O2. The molecule has 0 saturated carbocycles. The molecule has 0 aliphatic carbocycles. The van der Waals surface area contributed by atoms with Gasteiger partial charge in [0.05, 0.1) is 18.3 Å². The number of amides is 1. The molecule has 1 heterocycles. The van der Waals surface area contributed by atoms with E-state index in [0.29, 0.717) is 39.9 Å². The number of nitrogens with zero attached hydrogens (tertiary/aromatic N) is 3. The van der Waals surface area contributed by atoms with E-state index < -0.39 is 6.04 Å². The fourth-order valence-corrected chi connectivity index (χ4v) is 3.89. The highest BCUT2D eigenvalue weighted by molar-refractivity contribution is 8.93. The van der Waals surface area contributed by atoms with Gasteiger partial charge in [-0.3, -0.25) is 14.2 Å². The van der Waals surface area contributed by atoms with Gasteiger partial charge in [0.1, 0.15) is 5.82 Å². The lowest BCUT2D eigenvalue weighted by atomic mass is 10.0. The van der Waals surface area contributed by atoms with Crippen LogP contribution in [-0.2, 0) is 17.8 Å². The summed E-state index contributed by atoms with van der Waals surface area (Å²) >= 11 is 6.23. The first-order valence-corrected chi connectivity index (χ1v) is 11.2.